The molecule has 1 atom stereocenters. The van der Waals surface area contributed by atoms with Crippen LogP contribution in [0.3, 0.4) is 0 Å². The molecular weight excluding hydrogens is 502 g/mol. The van der Waals surface area contributed by atoms with Gasteiger partial charge in [-0.05, 0) is 56.7 Å². The molecule has 7 nitrogen and oxygen atoms in total. The molecule has 4 rings (SSSR count). The number of fused-ring (bicyclic) bond motifs is 1. The summed E-state index contributed by atoms with van der Waals surface area (Å²) >= 11 is -1.40. The van der Waals surface area contributed by atoms with Gasteiger partial charge in [0.1, 0.15) is 16.9 Å². The maximum absolute atomic E-state index is 15.6. The molecule has 0 saturated carbocycles. The molecule has 2 heterocycles. The van der Waals surface area contributed by atoms with Gasteiger partial charge in [0.2, 0.25) is 0 Å². The van der Waals surface area contributed by atoms with E-state index in [1.165, 1.54) is 36.7 Å². The zero-order valence-corrected chi connectivity index (χ0v) is 21.3. The van der Waals surface area contributed by atoms with Crippen LogP contribution in [0.5, 0.6) is 5.75 Å². The summed E-state index contributed by atoms with van der Waals surface area (Å²) in [5.41, 5.74) is 2.02. The topological polar surface area (TPSA) is 108 Å². The number of aliphatic carboxylic acids is 1. The zero-order chi connectivity index (χ0) is 26.7. The first-order chi connectivity index (χ1) is 17.5. The smallest absolute Gasteiger partial charge is 0.307 e. The number of carboxylic acids is 1. The van der Waals surface area contributed by atoms with E-state index in [0.29, 0.717) is 22.1 Å². The Morgan fingerprint density at radius 2 is 1.97 bits per heavy atom. The first-order valence-corrected chi connectivity index (χ1v) is 12.6. The highest BCUT2D eigenvalue weighted by molar-refractivity contribution is 7.90. The van der Waals surface area contributed by atoms with Crippen LogP contribution in [-0.2, 0) is 35.7 Å². The monoisotopic (exact) mass is 528 g/mol. The summed E-state index contributed by atoms with van der Waals surface area (Å²) in [6.45, 7) is 5.30. The Labute approximate surface area is 215 Å². The molecular formula is C27H26F2N2O5S. The number of benzene rings is 2. The minimum absolute atomic E-state index is 0.0344. The summed E-state index contributed by atoms with van der Waals surface area (Å²) < 4.78 is 56.0. The molecule has 0 bridgehead atoms. The molecule has 0 spiro atoms. The Hall–Kier alpha value is -3.47. The molecule has 2 aromatic carbocycles. The lowest BCUT2D eigenvalue weighted by molar-refractivity contribution is -0.136. The third-order valence-electron chi connectivity index (χ3n) is 5.56. The molecule has 0 amide bonds. The van der Waals surface area contributed by atoms with Gasteiger partial charge in [0.15, 0.2) is 17.4 Å². The number of rotatable bonds is 9. The summed E-state index contributed by atoms with van der Waals surface area (Å²) in [5.74, 6) is -2.51. The number of ether oxygens (including phenoxy) is 1. The van der Waals surface area contributed by atoms with Gasteiger partial charge in [0.05, 0.1) is 24.9 Å². The van der Waals surface area contributed by atoms with Crippen molar-refractivity contribution in [3.05, 3.63) is 83.4 Å². The van der Waals surface area contributed by atoms with E-state index in [1.807, 2.05) is 20.8 Å². The molecule has 2 aromatic heterocycles. The summed E-state index contributed by atoms with van der Waals surface area (Å²) in [5, 5.41) is 9.81. The standard InChI is InChI=1S/C27H26F2N2O5S/c1-27(2,3)37(34)31-14-22-24(29)19(7-9-30-22)20-12-16(11-18-8-10-35-25(18)20)15-36-26-17(13-23(32)33)5-4-6-21(26)28/h4-12,31H,13-15H2,1-3H3,(H,32,33)/t37-/m0/s1. The Kier molecular flexibility index (Phi) is 7.82. The summed E-state index contributed by atoms with van der Waals surface area (Å²) in [4.78, 5) is 15.3. The second kappa shape index (κ2) is 10.9. The van der Waals surface area contributed by atoms with E-state index in [-0.39, 0.29) is 35.7 Å². The fourth-order valence-electron chi connectivity index (χ4n) is 3.77. The van der Waals surface area contributed by atoms with Gasteiger partial charge in [0, 0.05) is 39.6 Å². The number of furan rings is 1. The quantitative estimate of drug-likeness (QED) is 0.275. The van der Waals surface area contributed by atoms with Crippen molar-refractivity contribution in [2.24, 2.45) is 0 Å². The van der Waals surface area contributed by atoms with Crippen molar-refractivity contribution in [3.8, 4) is 16.9 Å². The van der Waals surface area contributed by atoms with Gasteiger partial charge in [-0.3, -0.25) is 9.78 Å². The van der Waals surface area contributed by atoms with Crippen LogP contribution >= 0.6 is 0 Å². The van der Waals surface area contributed by atoms with Crippen LogP contribution in [-0.4, -0.2) is 25.4 Å². The molecule has 0 saturated heterocycles. The van der Waals surface area contributed by atoms with Crippen LogP contribution in [0.4, 0.5) is 8.78 Å². The van der Waals surface area contributed by atoms with Gasteiger partial charge < -0.3 is 18.8 Å². The lowest BCUT2D eigenvalue weighted by Crippen LogP contribution is -2.39. The number of carbonyl (C=O) groups is 1. The maximum atomic E-state index is 15.6. The number of nitrogens with one attached hydrogen (secondary N) is 1. The molecule has 0 aliphatic rings. The van der Waals surface area contributed by atoms with Crippen molar-refractivity contribution >= 4 is 28.3 Å². The molecule has 2 N–H and O–H groups in total. The highest BCUT2D eigenvalue weighted by atomic mass is 32.2. The van der Waals surface area contributed by atoms with Crippen LogP contribution < -0.4 is 9.46 Å². The van der Waals surface area contributed by atoms with Crippen molar-refractivity contribution in [3.63, 3.8) is 0 Å². The van der Waals surface area contributed by atoms with Crippen molar-refractivity contribution < 1.29 is 32.4 Å². The van der Waals surface area contributed by atoms with E-state index >= 15 is 4.39 Å². The third kappa shape index (κ3) is 6.10. The molecule has 0 fully saturated rings. The normalized spacial score (nSPS) is 12.6. The molecule has 0 unspecified atom stereocenters. The average Bonchev–Trinajstić information content (AvgIpc) is 3.30. The predicted molar refractivity (Wildman–Crippen MR) is 136 cm³/mol. The van der Waals surface area contributed by atoms with Crippen LogP contribution in [0.25, 0.3) is 22.1 Å². The third-order valence-corrected chi connectivity index (χ3v) is 7.08. The summed E-state index contributed by atoms with van der Waals surface area (Å²) in [6.07, 6.45) is 2.55. The number of nitrogens with zero attached hydrogens (tertiary/aromatic N) is 1. The molecule has 0 radical (unpaired) electrons. The van der Waals surface area contributed by atoms with Gasteiger partial charge in [-0.25, -0.2) is 8.78 Å². The lowest BCUT2D eigenvalue weighted by atomic mass is 10.00. The number of halogens is 2. The molecule has 37 heavy (non-hydrogen) atoms. The van der Waals surface area contributed by atoms with Gasteiger partial charge in [-0.2, -0.15) is 0 Å². The predicted octanol–water partition coefficient (Wildman–Crippen LogP) is 5.53. The van der Waals surface area contributed by atoms with Crippen LogP contribution in [0.2, 0.25) is 0 Å². The SMILES string of the molecule is CC(C)(C)[S@+]([O-])NCc1nccc(-c2cc(COc3c(F)cccc3CC(=O)O)cc3ccoc23)c1F. The van der Waals surface area contributed by atoms with Crippen molar-refractivity contribution in [1.82, 2.24) is 9.71 Å². The van der Waals surface area contributed by atoms with Gasteiger partial charge in [0.25, 0.3) is 0 Å². The maximum Gasteiger partial charge on any atom is 0.307 e. The van der Waals surface area contributed by atoms with Crippen LogP contribution in [0.15, 0.2) is 59.3 Å². The van der Waals surface area contributed by atoms with Gasteiger partial charge in [-0.1, -0.05) is 12.1 Å². The van der Waals surface area contributed by atoms with E-state index in [1.54, 1.807) is 18.2 Å². The molecule has 194 valence electrons. The van der Waals surface area contributed by atoms with E-state index in [9.17, 15) is 13.7 Å². The highest BCUT2D eigenvalue weighted by Gasteiger charge is 2.27. The fourth-order valence-corrected chi connectivity index (χ4v) is 4.47. The molecule has 4 aromatic rings. The molecule has 0 aliphatic heterocycles. The second-order valence-electron chi connectivity index (χ2n) is 9.39. The lowest BCUT2D eigenvalue weighted by Gasteiger charge is -2.23. The Balaban J connectivity index is 1.65. The van der Waals surface area contributed by atoms with E-state index < -0.39 is 40.1 Å². The minimum atomic E-state index is -1.40. The Morgan fingerprint density at radius 3 is 2.70 bits per heavy atom. The first kappa shape index (κ1) is 26.6. The average molecular weight is 529 g/mol. The second-order valence-corrected chi connectivity index (χ2v) is 11.4. The van der Waals surface area contributed by atoms with Crippen molar-refractivity contribution in [2.75, 3.05) is 0 Å². The van der Waals surface area contributed by atoms with Crippen molar-refractivity contribution in [2.45, 2.75) is 45.1 Å². The highest BCUT2D eigenvalue weighted by Crippen LogP contribution is 2.34. The minimum Gasteiger partial charge on any atom is -0.598 e. The Bertz CT molecular complexity index is 1430. The van der Waals surface area contributed by atoms with E-state index in [0.717, 1.165) is 0 Å². The number of pyridine rings is 1. The number of para-hydroxylation sites is 1. The van der Waals surface area contributed by atoms with Gasteiger partial charge >= 0.3 is 5.97 Å². The van der Waals surface area contributed by atoms with Gasteiger partial charge in [-0.15, -0.1) is 4.72 Å². The number of aromatic nitrogens is 1. The molecule has 0 aliphatic carbocycles. The first-order valence-electron chi connectivity index (χ1n) is 11.5. The number of hydrogen-bond donors (Lipinski definition) is 2. The van der Waals surface area contributed by atoms with E-state index in [4.69, 9.17) is 14.3 Å². The van der Waals surface area contributed by atoms with E-state index in [2.05, 4.69) is 9.71 Å². The number of carboxylic acid groups (broad SMARTS) is 1. The van der Waals surface area contributed by atoms with Crippen molar-refractivity contribution in [1.29, 1.82) is 0 Å². The molecule has 10 heteroatoms. The van der Waals surface area contributed by atoms with Crippen LogP contribution in [0, 0.1) is 11.6 Å². The fraction of sp³-hybridized carbons (Fsp3) is 0.259. The zero-order valence-electron chi connectivity index (χ0n) is 20.5. The summed E-state index contributed by atoms with van der Waals surface area (Å²) in [6, 6.07) is 10.8. The number of hydrogen-bond acceptors (Lipinski definition) is 6. The Morgan fingerprint density at radius 1 is 1.19 bits per heavy atom. The summed E-state index contributed by atoms with van der Waals surface area (Å²) in [7, 11) is 0. The largest absolute Gasteiger partial charge is 0.598 e. The van der Waals surface area contributed by atoms with Crippen LogP contribution in [0.1, 0.15) is 37.6 Å².